The van der Waals surface area contributed by atoms with Crippen molar-refractivity contribution in [2.24, 2.45) is 4.99 Å². The standard InChI is InChI=1S/C20H34N4O3.HI/c1-21-20(22-10-11-24(12-15-26-3)18-8-9-18)23-17-6-4-7-19(16-17)27-14-5-13-25-2;/h4,6-7,16,18H,5,8-15H2,1-3H3,(H2,21,22,23);1H. The third kappa shape index (κ3) is 9.90. The summed E-state index contributed by atoms with van der Waals surface area (Å²) in [6.07, 6.45) is 3.47. The number of anilines is 1. The Morgan fingerprint density at radius 2 is 1.93 bits per heavy atom. The molecule has 0 aromatic heterocycles. The van der Waals surface area contributed by atoms with Crippen LogP contribution >= 0.6 is 24.0 Å². The largest absolute Gasteiger partial charge is 0.493 e. The second-order valence-electron chi connectivity index (χ2n) is 6.61. The molecule has 0 bridgehead atoms. The van der Waals surface area contributed by atoms with Crippen molar-refractivity contribution in [2.45, 2.75) is 25.3 Å². The molecule has 1 aromatic rings. The molecule has 28 heavy (non-hydrogen) atoms. The zero-order valence-electron chi connectivity index (χ0n) is 17.3. The summed E-state index contributed by atoms with van der Waals surface area (Å²) < 4.78 is 16.0. The van der Waals surface area contributed by atoms with Crippen molar-refractivity contribution in [3.8, 4) is 5.75 Å². The highest BCUT2D eigenvalue weighted by Crippen LogP contribution is 2.26. The predicted molar refractivity (Wildman–Crippen MR) is 125 cm³/mol. The van der Waals surface area contributed by atoms with E-state index in [9.17, 15) is 0 Å². The molecule has 2 N–H and O–H groups in total. The first kappa shape index (κ1) is 24.9. The van der Waals surface area contributed by atoms with Gasteiger partial charge in [0.1, 0.15) is 5.75 Å². The number of methoxy groups -OCH3 is 2. The van der Waals surface area contributed by atoms with Crippen LogP contribution in [0.15, 0.2) is 29.3 Å². The van der Waals surface area contributed by atoms with Gasteiger partial charge in [0.05, 0.1) is 13.2 Å². The molecule has 0 aliphatic heterocycles. The zero-order valence-corrected chi connectivity index (χ0v) is 19.6. The number of hydrogen-bond donors (Lipinski definition) is 2. The second kappa shape index (κ2) is 14.8. The fraction of sp³-hybridized carbons (Fsp3) is 0.650. The van der Waals surface area contributed by atoms with Gasteiger partial charge in [0.2, 0.25) is 0 Å². The van der Waals surface area contributed by atoms with Gasteiger partial charge in [-0.05, 0) is 25.0 Å². The summed E-state index contributed by atoms with van der Waals surface area (Å²) in [5.74, 6) is 1.60. The minimum atomic E-state index is 0. The van der Waals surface area contributed by atoms with Gasteiger partial charge in [0.15, 0.2) is 5.96 Å². The van der Waals surface area contributed by atoms with Crippen LogP contribution in [0.3, 0.4) is 0 Å². The third-order valence-corrected chi connectivity index (χ3v) is 4.42. The molecule has 2 rings (SSSR count). The summed E-state index contributed by atoms with van der Waals surface area (Å²) in [4.78, 5) is 6.80. The molecular formula is C20H35IN4O3. The molecule has 160 valence electrons. The summed E-state index contributed by atoms with van der Waals surface area (Å²) in [6, 6.07) is 8.64. The van der Waals surface area contributed by atoms with E-state index < -0.39 is 0 Å². The Kier molecular flexibility index (Phi) is 13.2. The van der Waals surface area contributed by atoms with Crippen LogP contribution in [-0.4, -0.2) is 77.6 Å². The Labute approximate surface area is 186 Å². The van der Waals surface area contributed by atoms with Crippen LogP contribution in [0, 0.1) is 0 Å². The van der Waals surface area contributed by atoms with Crippen molar-refractivity contribution in [1.29, 1.82) is 0 Å². The van der Waals surface area contributed by atoms with Crippen LogP contribution in [0.2, 0.25) is 0 Å². The van der Waals surface area contributed by atoms with E-state index in [2.05, 4.69) is 20.5 Å². The highest BCUT2D eigenvalue weighted by Gasteiger charge is 2.28. The summed E-state index contributed by atoms with van der Waals surface area (Å²) in [5, 5.41) is 6.71. The van der Waals surface area contributed by atoms with Gasteiger partial charge >= 0.3 is 0 Å². The maximum absolute atomic E-state index is 5.75. The van der Waals surface area contributed by atoms with Crippen molar-refractivity contribution < 1.29 is 14.2 Å². The Morgan fingerprint density at radius 3 is 2.61 bits per heavy atom. The van der Waals surface area contributed by atoms with Crippen molar-refractivity contribution >= 4 is 35.6 Å². The Hall–Kier alpha value is -1.10. The van der Waals surface area contributed by atoms with Crippen LogP contribution in [-0.2, 0) is 9.47 Å². The number of halogens is 1. The Bertz CT molecular complexity index is 570. The third-order valence-electron chi connectivity index (χ3n) is 4.42. The maximum atomic E-state index is 5.75. The van der Waals surface area contributed by atoms with Crippen LogP contribution in [0.4, 0.5) is 5.69 Å². The maximum Gasteiger partial charge on any atom is 0.195 e. The van der Waals surface area contributed by atoms with Gasteiger partial charge in [0, 0.05) is 71.7 Å². The number of benzene rings is 1. The average molecular weight is 506 g/mol. The minimum absolute atomic E-state index is 0. The predicted octanol–water partition coefficient (Wildman–Crippen LogP) is 2.82. The second-order valence-corrected chi connectivity index (χ2v) is 6.61. The molecule has 0 amide bonds. The van der Waals surface area contributed by atoms with Crippen molar-refractivity contribution in [1.82, 2.24) is 10.2 Å². The van der Waals surface area contributed by atoms with E-state index in [1.165, 1.54) is 12.8 Å². The molecule has 1 fully saturated rings. The number of rotatable bonds is 13. The van der Waals surface area contributed by atoms with Crippen molar-refractivity contribution in [2.75, 3.05) is 66.0 Å². The van der Waals surface area contributed by atoms with E-state index in [0.717, 1.165) is 56.1 Å². The molecule has 0 spiro atoms. The fourth-order valence-electron chi connectivity index (χ4n) is 2.82. The van der Waals surface area contributed by atoms with Crippen molar-refractivity contribution in [3.05, 3.63) is 24.3 Å². The lowest BCUT2D eigenvalue weighted by molar-refractivity contribution is 0.145. The van der Waals surface area contributed by atoms with Gasteiger partial charge in [-0.1, -0.05) is 6.07 Å². The molecule has 1 aliphatic carbocycles. The molecule has 0 atom stereocenters. The Morgan fingerprint density at radius 1 is 1.14 bits per heavy atom. The molecule has 0 radical (unpaired) electrons. The monoisotopic (exact) mass is 506 g/mol. The van der Waals surface area contributed by atoms with Gasteiger partial charge in [-0.2, -0.15) is 0 Å². The van der Waals surface area contributed by atoms with E-state index in [1.54, 1.807) is 21.3 Å². The average Bonchev–Trinajstić information content (AvgIpc) is 3.52. The van der Waals surface area contributed by atoms with Gasteiger partial charge < -0.3 is 24.8 Å². The van der Waals surface area contributed by atoms with Gasteiger partial charge in [-0.3, -0.25) is 9.89 Å². The Balaban J connectivity index is 0.00000392. The SMILES string of the molecule is CN=C(NCCN(CCOC)C1CC1)Nc1cccc(OCCCOC)c1.I. The quantitative estimate of drug-likeness (QED) is 0.186. The zero-order chi connectivity index (χ0) is 19.3. The number of aliphatic imine (C=N–C) groups is 1. The first-order valence-electron chi connectivity index (χ1n) is 9.69. The van der Waals surface area contributed by atoms with Crippen LogP contribution in [0.1, 0.15) is 19.3 Å². The first-order chi connectivity index (χ1) is 13.3. The van der Waals surface area contributed by atoms with Gasteiger partial charge in [-0.25, -0.2) is 0 Å². The molecule has 0 heterocycles. The molecule has 0 unspecified atom stereocenters. The van der Waals surface area contributed by atoms with E-state index in [0.29, 0.717) is 13.2 Å². The van der Waals surface area contributed by atoms with Crippen LogP contribution < -0.4 is 15.4 Å². The number of ether oxygens (including phenoxy) is 3. The minimum Gasteiger partial charge on any atom is -0.493 e. The lowest BCUT2D eigenvalue weighted by Gasteiger charge is -2.22. The number of guanidine groups is 1. The topological polar surface area (TPSA) is 67.4 Å². The van der Waals surface area contributed by atoms with Gasteiger partial charge in [-0.15, -0.1) is 24.0 Å². The fourth-order valence-corrected chi connectivity index (χ4v) is 2.82. The van der Waals surface area contributed by atoms with Gasteiger partial charge in [0.25, 0.3) is 0 Å². The molecule has 1 aliphatic rings. The highest BCUT2D eigenvalue weighted by molar-refractivity contribution is 14.0. The number of hydrogen-bond acceptors (Lipinski definition) is 5. The molecular weight excluding hydrogens is 471 g/mol. The highest BCUT2D eigenvalue weighted by atomic mass is 127. The summed E-state index contributed by atoms with van der Waals surface area (Å²) >= 11 is 0. The summed E-state index contributed by atoms with van der Waals surface area (Å²) in [7, 11) is 5.24. The normalized spacial score (nSPS) is 13.9. The molecule has 7 nitrogen and oxygen atoms in total. The first-order valence-corrected chi connectivity index (χ1v) is 9.69. The number of nitrogens with zero attached hydrogens (tertiary/aromatic N) is 2. The van der Waals surface area contributed by atoms with E-state index in [-0.39, 0.29) is 24.0 Å². The van der Waals surface area contributed by atoms with Crippen molar-refractivity contribution in [3.63, 3.8) is 0 Å². The van der Waals surface area contributed by atoms with E-state index in [1.807, 2.05) is 24.3 Å². The lowest BCUT2D eigenvalue weighted by atomic mass is 10.3. The smallest absolute Gasteiger partial charge is 0.195 e. The summed E-state index contributed by atoms with van der Waals surface area (Å²) in [6.45, 7) is 4.93. The van der Waals surface area contributed by atoms with E-state index >= 15 is 0 Å². The number of nitrogens with one attached hydrogen (secondary N) is 2. The van der Waals surface area contributed by atoms with Crippen LogP contribution in [0.25, 0.3) is 0 Å². The molecule has 8 heteroatoms. The van der Waals surface area contributed by atoms with E-state index in [4.69, 9.17) is 14.2 Å². The molecule has 0 saturated heterocycles. The lowest BCUT2D eigenvalue weighted by Crippen LogP contribution is -2.40. The molecule has 1 aromatic carbocycles. The molecule has 1 saturated carbocycles. The summed E-state index contributed by atoms with van der Waals surface area (Å²) in [5.41, 5.74) is 0.950. The van der Waals surface area contributed by atoms with Crippen LogP contribution in [0.5, 0.6) is 5.75 Å².